The van der Waals surface area contributed by atoms with Gasteiger partial charge in [0.25, 0.3) is 5.56 Å². The third kappa shape index (κ3) is 4.98. The minimum atomic E-state index is -0.527. The van der Waals surface area contributed by atoms with Crippen LogP contribution in [0.4, 0.5) is 0 Å². The minimum Gasteiger partial charge on any atom is -0.482 e. The first-order valence-corrected chi connectivity index (χ1v) is 9.98. The number of aryl methyl sites for hydroxylation is 1. The van der Waals surface area contributed by atoms with Crippen molar-refractivity contribution in [3.8, 4) is 5.75 Å². The van der Waals surface area contributed by atoms with E-state index in [1.165, 1.54) is 10.5 Å². The molecule has 6 nitrogen and oxygen atoms in total. The second-order valence-corrected chi connectivity index (χ2v) is 7.19. The van der Waals surface area contributed by atoms with E-state index in [-0.39, 0.29) is 18.8 Å². The lowest BCUT2D eigenvalue weighted by molar-refractivity contribution is -0.147. The smallest absolute Gasteiger partial charge is 0.344 e. The SMILES string of the molecule is Cc1cccn2c(=O)cc(COC(=O)COc3ccccc3Cc3ccccc3)nc12. The summed E-state index contributed by atoms with van der Waals surface area (Å²) >= 11 is 0. The molecule has 4 rings (SSSR count). The summed E-state index contributed by atoms with van der Waals surface area (Å²) < 4.78 is 12.5. The zero-order valence-electron chi connectivity index (χ0n) is 17.2. The summed E-state index contributed by atoms with van der Waals surface area (Å²) in [5.74, 6) is 0.113. The van der Waals surface area contributed by atoms with Gasteiger partial charge in [0.05, 0.1) is 5.69 Å². The molecule has 6 heteroatoms. The minimum absolute atomic E-state index is 0.0894. The molecule has 0 saturated heterocycles. The molecule has 156 valence electrons. The number of rotatable bonds is 7. The molecule has 0 unspecified atom stereocenters. The average Bonchev–Trinajstić information content (AvgIpc) is 2.78. The van der Waals surface area contributed by atoms with Crippen molar-refractivity contribution < 1.29 is 14.3 Å². The molecule has 0 aliphatic heterocycles. The highest BCUT2D eigenvalue weighted by atomic mass is 16.6. The van der Waals surface area contributed by atoms with Crippen LogP contribution in [-0.4, -0.2) is 22.0 Å². The second-order valence-electron chi connectivity index (χ2n) is 7.19. The predicted molar refractivity (Wildman–Crippen MR) is 117 cm³/mol. The first kappa shape index (κ1) is 20.3. The van der Waals surface area contributed by atoms with Crippen LogP contribution in [0.15, 0.2) is 83.8 Å². The summed E-state index contributed by atoms with van der Waals surface area (Å²) in [4.78, 5) is 28.9. The van der Waals surface area contributed by atoms with Crippen LogP contribution in [0.25, 0.3) is 5.65 Å². The zero-order valence-corrected chi connectivity index (χ0v) is 17.2. The lowest BCUT2D eigenvalue weighted by Gasteiger charge is -2.12. The Morgan fingerprint density at radius 3 is 2.61 bits per heavy atom. The highest BCUT2D eigenvalue weighted by Gasteiger charge is 2.10. The van der Waals surface area contributed by atoms with Gasteiger partial charge >= 0.3 is 5.97 Å². The fourth-order valence-corrected chi connectivity index (χ4v) is 3.32. The van der Waals surface area contributed by atoms with Gasteiger partial charge in [-0.15, -0.1) is 0 Å². The fraction of sp³-hybridized carbons (Fsp3) is 0.160. The van der Waals surface area contributed by atoms with Gasteiger partial charge in [-0.25, -0.2) is 9.78 Å². The van der Waals surface area contributed by atoms with Crippen molar-refractivity contribution in [3.05, 3.63) is 112 Å². The molecular weight excluding hydrogens is 392 g/mol. The molecule has 2 aromatic carbocycles. The van der Waals surface area contributed by atoms with E-state index < -0.39 is 5.97 Å². The molecule has 0 N–H and O–H groups in total. The summed E-state index contributed by atoms with van der Waals surface area (Å²) in [6.07, 6.45) is 2.37. The van der Waals surface area contributed by atoms with Gasteiger partial charge in [0.2, 0.25) is 0 Å². The Morgan fingerprint density at radius 1 is 1.00 bits per heavy atom. The van der Waals surface area contributed by atoms with Crippen molar-refractivity contribution in [1.82, 2.24) is 9.38 Å². The number of carbonyl (C=O) groups is 1. The van der Waals surface area contributed by atoms with Gasteiger partial charge in [-0.2, -0.15) is 0 Å². The van der Waals surface area contributed by atoms with E-state index in [0.717, 1.165) is 16.7 Å². The third-order valence-electron chi connectivity index (χ3n) is 4.88. The van der Waals surface area contributed by atoms with Gasteiger partial charge in [-0.05, 0) is 35.7 Å². The first-order valence-electron chi connectivity index (χ1n) is 9.98. The lowest BCUT2D eigenvalue weighted by atomic mass is 10.0. The van der Waals surface area contributed by atoms with Crippen molar-refractivity contribution in [1.29, 1.82) is 0 Å². The van der Waals surface area contributed by atoms with Gasteiger partial charge in [0, 0.05) is 18.7 Å². The first-order chi connectivity index (χ1) is 15.1. The Kier molecular flexibility index (Phi) is 6.08. The molecule has 2 heterocycles. The number of fused-ring (bicyclic) bond motifs is 1. The van der Waals surface area contributed by atoms with Gasteiger partial charge in [0.15, 0.2) is 6.61 Å². The maximum Gasteiger partial charge on any atom is 0.344 e. The van der Waals surface area contributed by atoms with E-state index in [4.69, 9.17) is 9.47 Å². The van der Waals surface area contributed by atoms with Crippen molar-refractivity contribution >= 4 is 11.6 Å². The number of pyridine rings is 1. The Hall–Kier alpha value is -3.93. The lowest BCUT2D eigenvalue weighted by Crippen LogP contribution is -2.19. The van der Waals surface area contributed by atoms with E-state index in [2.05, 4.69) is 4.98 Å². The summed E-state index contributed by atoms with van der Waals surface area (Å²) in [5.41, 5.74) is 3.74. The molecule has 0 radical (unpaired) electrons. The van der Waals surface area contributed by atoms with Crippen molar-refractivity contribution in [3.63, 3.8) is 0 Å². The van der Waals surface area contributed by atoms with E-state index in [1.807, 2.05) is 67.6 Å². The maximum atomic E-state index is 12.3. The van der Waals surface area contributed by atoms with Gasteiger partial charge in [0.1, 0.15) is 18.0 Å². The number of aromatic nitrogens is 2. The van der Waals surface area contributed by atoms with Crippen LogP contribution in [0.3, 0.4) is 0 Å². The molecule has 0 aliphatic carbocycles. The van der Waals surface area contributed by atoms with Crippen molar-refractivity contribution in [2.24, 2.45) is 0 Å². The van der Waals surface area contributed by atoms with Crippen molar-refractivity contribution in [2.75, 3.05) is 6.61 Å². The van der Waals surface area contributed by atoms with Crippen LogP contribution in [0.1, 0.15) is 22.4 Å². The molecule has 0 bridgehead atoms. The monoisotopic (exact) mass is 414 g/mol. The normalized spacial score (nSPS) is 10.7. The molecule has 2 aromatic heterocycles. The van der Waals surface area contributed by atoms with Gasteiger partial charge in [-0.3, -0.25) is 9.20 Å². The third-order valence-corrected chi connectivity index (χ3v) is 4.88. The molecule has 0 saturated carbocycles. The van der Waals surface area contributed by atoms with Gasteiger partial charge in [-0.1, -0.05) is 54.6 Å². The van der Waals surface area contributed by atoms with E-state index in [0.29, 0.717) is 23.5 Å². The van der Waals surface area contributed by atoms with Gasteiger partial charge < -0.3 is 9.47 Å². The number of esters is 1. The average molecular weight is 414 g/mol. The van der Waals surface area contributed by atoms with Crippen LogP contribution in [0, 0.1) is 6.92 Å². The van der Waals surface area contributed by atoms with E-state index in [1.54, 1.807) is 12.3 Å². The number of nitrogens with zero attached hydrogens (tertiary/aromatic N) is 2. The van der Waals surface area contributed by atoms with Crippen LogP contribution in [0.5, 0.6) is 5.75 Å². The second kappa shape index (κ2) is 9.26. The van der Waals surface area contributed by atoms with Crippen molar-refractivity contribution in [2.45, 2.75) is 20.0 Å². The molecular formula is C25H22N2O4. The number of ether oxygens (including phenoxy) is 2. The highest BCUT2D eigenvalue weighted by molar-refractivity contribution is 5.71. The highest BCUT2D eigenvalue weighted by Crippen LogP contribution is 2.21. The maximum absolute atomic E-state index is 12.3. The van der Waals surface area contributed by atoms with Crippen LogP contribution >= 0.6 is 0 Å². The zero-order chi connectivity index (χ0) is 21.6. The summed E-state index contributed by atoms with van der Waals surface area (Å²) in [7, 11) is 0. The van der Waals surface area contributed by atoms with Crippen LogP contribution in [-0.2, 0) is 22.6 Å². The molecule has 0 atom stereocenters. The molecule has 0 aliphatic rings. The predicted octanol–water partition coefficient (Wildman–Crippen LogP) is 3.72. The van der Waals surface area contributed by atoms with E-state index in [9.17, 15) is 9.59 Å². The Morgan fingerprint density at radius 2 is 1.77 bits per heavy atom. The Bertz CT molecular complexity index is 1270. The van der Waals surface area contributed by atoms with Crippen LogP contribution in [0.2, 0.25) is 0 Å². The standard InChI is InChI=1S/C25H22N2O4/c1-18-8-7-13-27-23(28)15-21(26-25(18)27)16-31-24(29)17-30-22-12-6-5-11-20(22)14-19-9-3-2-4-10-19/h2-13,15H,14,16-17H2,1H3. The number of carbonyl (C=O) groups excluding carboxylic acids is 1. The summed E-state index contributed by atoms with van der Waals surface area (Å²) in [6.45, 7) is 1.56. The molecule has 0 fully saturated rings. The fourth-order valence-electron chi connectivity index (χ4n) is 3.32. The summed E-state index contributed by atoms with van der Waals surface area (Å²) in [5, 5.41) is 0. The Labute approximate surface area is 179 Å². The molecule has 31 heavy (non-hydrogen) atoms. The molecule has 4 aromatic rings. The number of hydrogen-bond acceptors (Lipinski definition) is 5. The topological polar surface area (TPSA) is 69.9 Å². The number of para-hydroxylation sites is 1. The van der Waals surface area contributed by atoms with Crippen LogP contribution < -0.4 is 10.3 Å². The number of benzene rings is 2. The quantitative estimate of drug-likeness (QED) is 0.431. The molecule has 0 spiro atoms. The Balaban J connectivity index is 1.38. The number of hydrogen-bond donors (Lipinski definition) is 0. The summed E-state index contributed by atoms with van der Waals surface area (Å²) in [6, 6.07) is 22.7. The largest absolute Gasteiger partial charge is 0.482 e. The molecule has 0 amide bonds. The van der Waals surface area contributed by atoms with E-state index >= 15 is 0 Å².